The van der Waals surface area contributed by atoms with Gasteiger partial charge in [-0.3, -0.25) is 18.7 Å². The van der Waals surface area contributed by atoms with Crippen molar-refractivity contribution < 1.29 is 4.79 Å². The molecule has 2 N–H and O–H groups in total. The minimum absolute atomic E-state index is 0. The molecule has 0 aliphatic carbocycles. The Morgan fingerprint density at radius 2 is 1.96 bits per heavy atom. The van der Waals surface area contributed by atoms with Crippen LogP contribution in [0.2, 0.25) is 0 Å². The molecule has 1 aliphatic rings. The second-order valence-corrected chi connectivity index (χ2v) is 7.45. The lowest BCUT2D eigenvalue weighted by Crippen LogP contribution is -2.54. The number of aromatic nitrogens is 4. The molecule has 0 aromatic carbocycles. The minimum Gasteiger partial charge on any atom is -0.340 e. The largest absolute Gasteiger partial charge is 0.340 e. The smallest absolute Gasteiger partial charge is 0.332 e. The first-order valence-electron chi connectivity index (χ1n) is 8.27. The Bertz CT molecular complexity index is 957. The van der Waals surface area contributed by atoms with Gasteiger partial charge in [-0.05, 0) is 11.8 Å². The van der Waals surface area contributed by atoms with Crippen LogP contribution >= 0.6 is 12.4 Å². The van der Waals surface area contributed by atoms with Gasteiger partial charge in [0, 0.05) is 33.2 Å². The summed E-state index contributed by atoms with van der Waals surface area (Å²) < 4.78 is 3.84. The number of fused-ring (bicyclic) bond motifs is 1. The molecule has 3 heterocycles. The van der Waals surface area contributed by atoms with Gasteiger partial charge in [-0.15, -0.1) is 12.4 Å². The monoisotopic (exact) mass is 384 g/mol. The molecule has 0 saturated carbocycles. The van der Waals surface area contributed by atoms with Gasteiger partial charge in [-0.1, -0.05) is 13.8 Å². The van der Waals surface area contributed by atoms with Gasteiger partial charge in [-0.2, -0.15) is 0 Å². The van der Waals surface area contributed by atoms with Gasteiger partial charge < -0.3 is 15.2 Å². The summed E-state index contributed by atoms with van der Waals surface area (Å²) in [6.45, 7) is 5.29. The Hall–Kier alpha value is -2.13. The third-order valence-corrected chi connectivity index (χ3v) is 5.19. The summed E-state index contributed by atoms with van der Waals surface area (Å²) in [4.78, 5) is 43.0. The number of likely N-dealkylation sites (tertiary alicyclic amines) is 1. The van der Waals surface area contributed by atoms with Gasteiger partial charge in [0.05, 0.1) is 6.33 Å². The van der Waals surface area contributed by atoms with Crippen molar-refractivity contribution in [2.75, 3.05) is 13.1 Å². The first-order chi connectivity index (χ1) is 11.6. The SMILES string of the molecule is Cl.Cn1c(=O)c2c(ncn2CC(=O)N2CCC(N)C(C)(C)C2)n(C)c1=O. The summed E-state index contributed by atoms with van der Waals surface area (Å²) in [5.74, 6) is -0.0878. The van der Waals surface area contributed by atoms with Crippen molar-refractivity contribution in [1.29, 1.82) is 0 Å². The third-order valence-electron chi connectivity index (χ3n) is 5.19. The maximum absolute atomic E-state index is 12.7. The lowest BCUT2D eigenvalue weighted by atomic mass is 9.79. The molecule has 0 radical (unpaired) electrons. The first-order valence-corrected chi connectivity index (χ1v) is 8.27. The van der Waals surface area contributed by atoms with Gasteiger partial charge in [0.25, 0.3) is 5.56 Å². The number of imidazole rings is 1. The molecular formula is C16H25ClN6O3. The Labute approximate surface area is 156 Å². The molecule has 144 valence electrons. The predicted molar refractivity (Wildman–Crippen MR) is 100 cm³/mol. The third kappa shape index (κ3) is 3.16. The molecular weight excluding hydrogens is 360 g/mol. The van der Waals surface area contributed by atoms with E-state index >= 15 is 0 Å². The van der Waals surface area contributed by atoms with Crippen LogP contribution in [0.15, 0.2) is 15.9 Å². The quantitative estimate of drug-likeness (QED) is 0.746. The molecule has 2 aromatic heterocycles. The van der Waals surface area contributed by atoms with Gasteiger partial charge in [0.2, 0.25) is 5.91 Å². The standard InChI is InChI=1S/C16H24N6O3.ClH/c1-16(2)8-21(6-5-10(16)17)11(23)7-22-9-18-13-12(22)14(24)20(4)15(25)19(13)3;/h9-10H,5-8,17H2,1-4H3;1H. The van der Waals surface area contributed by atoms with E-state index in [-0.39, 0.29) is 47.5 Å². The molecule has 1 fully saturated rings. The number of amides is 1. The molecule has 1 unspecified atom stereocenters. The Morgan fingerprint density at radius 3 is 2.58 bits per heavy atom. The fraction of sp³-hybridized carbons (Fsp3) is 0.625. The number of halogens is 1. The van der Waals surface area contributed by atoms with E-state index in [2.05, 4.69) is 18.8 Å². The average Bonchev–Trinajstić information content (AvgIpc) is 2.97. The molecule has 1 amide bonds. The summed E-state index contributed by atoms with van der Waals surface area (Å²) in [5, 5.41) is 0. The zero-order chi connectivity index (χ0) is 18.5. The van der Waals surface area contributed by atoms with E-state index in [4.69, 9.17) is 5.73 Å². The molecule has 9 nitrogen and oxygen atoms in total. The normalized spacial score (nSPS) is 19.4. The first kappa shape index (κ1) is 20.2. The van der Waals surface area contributed by atoms with Gasteiger partial charge in [0.1, 0.15) is 6.54 Å². The van der Waals surface area contributed by atoms with Crippen LogP contribution in [0.25, 0.3) is 11.2 Å². The zero-order valence-corrected chi connectivity index (χ0v) is 16.2. The van der Waals surface area contributed by atoms with E-state index in [9.17, 15) is 14.4 Å². The molecule has 0 bridgehead atoms. The maximum Gasteiger partial charge on any atom is 0.332 e. The Kier molecular flexibility index (Phi) is 5.34. The minimum atomic E-state index is -0.454. The Balaban J connectivity index is 0.00000243. The topological polar surface area (TPSA) is 108 Å². The Morgan fingerprint density at radius 1 is 1.31 bits per heavy atom. The highest BCUT2D eigenvalue weighted by molar-refractivity contribution is 5.85. The van der Waals surface area contributed by atoms with E-state index in [0.717, 1.165) is 11.0 Å². The van der Waals surface area contributed by atoms with Crippen LogP contribution in [-0.4, -0.2) is 48.6 Å². The van der Waals surface area contributed by atoms with Crippen LogP contribution in [0.3, 0.4) is 0 Å². The van der Waals surface area contributed by atoms with E-state index < -0.39 is 11.2 Å². The summed E-state index contributed by atoms with van der Waals surface area (Å²) in [7, 11) is 2.97. The lowest BCUT2D eigenvalue weighted by molar-refractivity contribution is -0.135. The van der Waals surface area contributed by atoms with Crippen molar-refractivity contribution in [1.82, 2.24) is 23.6 Å². The molecule has 0 spiro atoms. The molecule has 2 aromatic rings. The van der Waals surface area contributed by atoms with E-state index in [0.29, 0.717) is 13.1 Å². The molecule has 1 aliphatic heterocycles. The highest BCUT2D eigenvalue weighted by Crippen LogP contribution is 2.27. The molecule has 3 rings (SSSR count). The summed E-state index contributed by atoms with van der Waals surface area (Å²) in [6.07, 6.45) is 2.18. The van der Waals surface area contributed by atoms with Crippen molar-refractivity contribution in [3.63, 3.8) is 0 Å². The number of aryl methyl sites for hydroxylation is 1. The summed E-state index contributed by atoms with van der Waals surface area (Å²) >= 11 is 0. The molecule has 1 atom stereocenters. The number of nitrogens with zero attached hydrogens (tertiary/aromatic N) is 5. The number of carbonyl (C=O) groups is 1. The highest BCUT2D eigenvalue weighted by atomic mass is 35.5. The summed E-state index contributed by atoms with van der Waals surface area (Å²) in [6, 6.07) is 0.0624. The van der Waals surface area contributed by atoms with Crippen molar-refractivity contribution in [2.24, 2.45) is 25.2 Å². The number of hydrogen-bond donors (Lipinski definition) is 1. The van der Waals surface area contributed by atoms with Crippen LogP contribution in [0, 0.1) is 5.41 Å². The van der Waals surface area contributed by atoms with Crippen molar-refractivity contribution >= 4 is 29.5 Å². The van der Waals surface area contributed by atoms with Crippen molar-refractivity contribution in [3.8, 4) is 0 Å². The van der Waals surface area contributed by atoms with Crippen LogP contribution in [0.1, 0.15) is 20.3 Å². The van der Waals surface area contributed by atoms with Crippen LogP contribution in [-0.2, 0) is 25.4 Å². The molecule has 10 heteroatoms. The van der Waals surface area contributed by atoms with Gasteiger partial charge in [0.15, 0.2) is 11.2 Å². The predicted octanol–water partition coefficient (Wildman–Crippen LogP) is -0.559. The van der Waals surface area contributed by atoms with E-state index in [1.165, 1.54) is 22.5 Å². The van der Waals surface area contributed by atoms with E-state index in [1.54, 1.807) is 11.9 Å². The second kappa shape index (κ2) is 6.88. The summed E-state index contributed by atoms with van der Waals surface area (Å²) in [5.41, 5.74) is 5.61. The van der Waals surface area contributed by atoms with Gasteiger partial charge in [-0.25, -0.2) is 9.78 Å². The van der Waals surface area contributed by atoms with Crippen molar-refractivity contribution in [3.05, 3.63) is 27.2 Å². The van der Waals surface area contributed by atoms with Crippen LogP contribution in [0.5, 0.6) is 0 Å². The van der Waals surface area contributed by atoms with Crippen molar-refractivity contribution in [2.45, 2.75) is 32.9 Å². The number of hydrogen-bond acceptors (Lipinski definition) is 5. The molecule has 26 heavy (non-hydrogen) atoms. The number of carbonyl (C=O) groups excluding carboxylic acids is 1. The zero-order valence-electron chi connectivity index (χ0n) is 15.4. The lowest BCUT2D eigenvalue weighted by Gasteiger charge is -2.42. The van der Waals surface area contributed by atoms with Crippen LogP contribution < -0.4 is 17.0 Å². The number of piperidine rings is 1. The van der Waals surface area contributed by atoms with Crippen LogP contribution in [0.4, 0.5) is 0 Å². The van der Waals surface area contributed by atoms with E-state index in [1.807, 2.05) is 0 Å². The fourth-order valence-electron chi connectivity index (χ4n) is 3.35. The fourth-order valence-corrected chi connectivity index (χ4v) is 3.35. The molecule has 1 saturated heterocycles. The van der Waals surface area contributed by atoms with Gasteiger partial charge >= 0.3 is 5.69 Å². The second-order valence-electron chi connectivity index (χ2n) is 7.45. The number of nitrogens with two attached hydrogens (primary N) is 1. The maximum atomic E-state index is 12.7. The highest BCUT2D eigenvalue weighted by Gasteiger charge is 2.35. The number of rotatable bonds is 2. The average molecular weight is 385 g/mol.